The van der Waals surface area contributed by atoms with E-state index in [2.05, 4.69) is 0 Å². The summed E-state index contributed by atoms with van der Waals surface area (Å²) in [5.74, 6) is 1.31. The summed E-state index contributed by atoms with van der Waals surface area (Å²) in [6, 6.07) is 4.51. The Labute approximate surface area is 134 Å². The van der Waals surface area contributed by atoms with Crippen LogP contribution >= 0.6 is 11.9 Å². The number of carbonyl (C=O) groups is 1. The molecule has 0 aromatic heterocycles. The predicted octanol–water partition coefficient (Wildman–Crippen LogP) is 2.83. The summed E-state index contributed by atoms with van der Waals surface area (Å²) in [5, 5.41) is 24.0. The molecule has 1 aromatic rings. The number of hydrogen-bond acceptors (Lipinski definition) is 5. The van der Waals surface area contributed by atoms with Gasteiger partial charge in [-0.2, -0.15) is 0 Å². The molecule has 2 heterocycles. The SMILES string of the molecule is CC(=O)c1ccc2c(c1)C([N+]1([O-])CCCS1)C(O)C(C)(C)O2. The number of fused-ring (bicyclic) bond motifs is 1. The third kappa shape index (κ3) is 2.44. The highest BCUT2D eigenvalue weighted by Crippen LogP contribution is 2.50. The highest BCUT2D eigenvalue weighted by atomic mass is 32.2. The van der Waals surface area contributed by atoms with Gasteiger partial charge in [-0.3, -0.25) is 8.85 Å². The van der Waals surface area contributed by atoms with Crippen LogP contribution < -0.4 is 4.74 Å². The lowest BCUT2D eigenvalue weighted by Crippen LogP contribution is -2.56. The number of hydroxylamine groups is 2. The molecule has 3 unspecified atom stereocenters. The number of nitrogens with zero attached hydrogens (tertiary/aromatic N) is 1. The summed E-state index contributed by atoms with van der Waals surface area (Å²) in [6.07, 6.45) is -0.0919. The molecule has 1 N–H and O–H groups in total. The lowest BCUT2D eigenvalue weighted by atomic mass is 9.85. The first-order chi connectivity index (χ1) is 10.2. The Bertz CT molecular complexity index is 610. The number of aliphatic hydroxyl groups is 1. The van der Waals surface area contributed by atoms with Crippen LogP contribution in [0, 0.1) is 5.21 Å². The Hall–Kier alpha value is -1.08. The van der Waals surface area contributed by atoms with Crippen molar-refractivity contribution < 1.29 is 18.7 Å². The zero-order chi connectivity index (χ0) is 16.1. The van der Waals surface area contributed by atoms with E-state index in [1.807, 2.05) is 0 Å². The molecule has 0 amide bonds. The number of rotatable bonds is 2. The molecule has 3 atom stereocenters. The maximum absolute atomic E-state index is 13.2. The number of ketones is 1. The van der Waals surface area contributed by atoms with Crippen LogP contribution in [-0.2, 0) is 0 Å². The van der Waals surface area contributed by atoms with Crippen molar-refractivity contribution in [1.29, 1.82) is 0 Å². The van der Waals surface area contributed by atoms with Crippen LogP contribution in [0.1, 0.15) is 49.2 Å². The van der Waals surface area contributed by atoms with Crippen molar-refractivity contribution in [3.05, 3.63) is 34.5 Å². The summed E-state index contributed by atoms with van der Waals surface area (Å²) >= 11 is 1.32. The molecule has 1 aromatic carbocycles. The molecular weight excluding hydrogens is 302 g/mol. The third-order valence-corrected chi connectivity index (χ3v) is 5.79. The fourth-order valence-electron chi connectivity index (χ4n) is 3.20. The van der Waals surface area contributed by atoms with E-state index in [9.17, 15) is 15.1 Å². The predicted molar refractivity (Wildman–Crippen MR) is 85.5 cm³/mol. The third-order valence-electron chi connectivity index (χ3n) is 4.47. The van der Waals surface area contributed by atoms with E-state index in [1.165, 1.54) is 18.9 Å². The van der Waals surface area contributed by atoms with Crippen LogP contribution in [0.5, 0.6) is 5.75 Å². The zero-order valence-electron chi connectivity index (χ0n) is 13.0. The minimum absolute atomic E-state index is 0.0626. The molecule has 5 nitrogen and oxygen atoms in total. The highest BCUT2D eigenvalue weighted by Gasteiger charge is 2.52. The second-order valence-corrected chi connectivity index (χ2v) is 7.83. The molecule has 1 saturated heterocycles. The fourth-order valence-corrected chi connectivity index (χ4v) is 4.42. The first-order valence-electron chi connectivity index (χ1n) is 7.50. The molecule has 120 valence electrons. The molecular formula is C16H21NO4S. The van der Waals surface area contributed by atoms with Crippen molar-refractivity contribution in [1.82, 2.24) is 0 Å². The first kappa shape index (κ1) is 15.8. The number of aliphatic hydroxyl groups excluding tert-OH is 1. The van der Waals surface area contributed by atoms with E-state index in [0.717, 1.165) is 12.2 Å². The fraction of sp³-hybridized carbons (Fsp3) is 0.562. The molecule has 3 rings (SSSR count). The molecule has 2 aliphatic rings. The number of ether oxygens (including phenoxy) is 1. The van der Waals surface area contributed by atoms with Crippen LogP contribution in [-0.4, -0.2) is 38.9 Å². The van der Waals surface area contributed by atoms with Crippen LogP contribution in [0.3, 0.4) is 0 Å². The molecule has 0 spiro atoms. The van der Waals surface area contributed by atoms with Gasteiger partial charge in [0.1, 0.15) is 11.4 Å². The second-order valence-electron chi connectivity index (χ2n) is 6.54. The van der Waals surface area contributed by atoms with Crippen molar-refractivity contribution >= 4 is 17.7 Å². The molecule has 0 bridgehead atoms. The van der Waals surface area contributed by atoms with Crippen molar-refractivity contribution in [2.45, 2.75) is 44.9 Å². The Kier molecular flexibility index (Phi) is 3.76. The molecule has 22 heavy (non-hydrogen) atoms. The van der Waals surface area contributed by atoms with Crippen LogP contribution in [0.15, 0.2) is 18.2 Å². The van der Waals surface area contributed by atoms with Gasteiger partial charge in [0, 0.05) is 12.0 Å². The summed E-state index contributed by atoms with van der Waals surface area (Å²) in [7, 11) is 0. The van der Waals surface area contributed by atoms with Crippen LogP contribution in [0.4, 0.5) is 0 Å². The van der Waals surface area contributed by atoms with Crippen molar-refractivity contribution in [3.63, 3.8) is 0 Å². The Morgan fingerprint density at radius 3 is 2.82 bits per heavy atom. The Morgan fingerprint density at radius 2 is 2.23 bits per heavy atom. The lowest BCUT2D eigenvalue weighted by molar-refractivity contribution is -0.780. The van der Waals surface area contributed by atoms with E-state index in [1.54, 1.807) is 32.0 Å². The van der Waals surface area contributed by atoms with Gasteiger partial charge in [-0.15, -0.1) is 0 Å². The van der Waals surface area contributed by atoms with Crippen molar-refractivity contribution in [3.8, 4) is 5.75 Å². The van der Waals surface area contributed by atoms with E-state index in [4.69, 9.17) is 4.74 Å². The molecule has 6 heteroatoms. The van der Waals surface area contributed by atoms with E-state index in [-0.39, 0.29) is 5.78 Å². The summed E-state index contributed by atoms with van der Waals surface area (Å²) < 4.78 is 5.37. The Morgan fingerprint density at radius 1 is 1.50 bits per heavy atom. The monoisotopic (exact) mass is 323 g/mol. The smallest absolute Gasteiger partial charge is 0.159 e. The van der Waals surface area contributed by atoms with Crippen molar-refractivity contribution in [2.75, 3.05) is 12.3 Å². The minimum Gasteiger partial charge on any atom is -0.620 e. The van der Waals surface area contributed by atoms with E-state index in [0.29, 0.717) is 23.4 Å². The molecule has 0 radical (unpaired) electrons. The van der Waals surface area contributed by atoms with Gasteiger partial charge in [0.05, 0.1) is 29.8 Å². The van der Waals surface area contributed by atoms with Gasteiger partial charge in [-0.25, -0.2) is 0 Å². The Balaban J connectivity index is 2.15. The van der Waals surface area contributed by atoms with Gasteiger partial charge in [-0.05, 0) is 39.0 Å². The largest absolute Gasteiger partial charge is 0.620 e. The molecule has 0 saturated carbocycles. The standard InChI is InChI=1S/C16H21NO4S/c1-10(18)11-5-6-13-12(9-11)14(15(19)16(2,3)21-13)17(20)7-4-8-22-17/h5-6,9,14-15,19H,4,7-8H2,1-3H3. The minimum atomic E-state index is -0.926. The van der Waals surface area contributed by atoms with Crippen LogP contribution in [0.2, 0.25) is 0 Å². The maximum atomic E-state index is 13.2. The molecule has 1 fully saturated rings. The number of benzene rings is 1. The van der Waals surface area contributed by atoms with Gasteiger partial charge in [-0.1, -0.05) is 0 Å². The summed E-state index contributed by atoms with van der Waals surface area (Å²) in [4.78, 5) is 11.7. The van der Waals surface area contributed by atoms with E-state index >= 15 is 0 Å². The quantitative estimate of drug-likeness (QED) is 0.392. The molecule has 2 aliphatic heterocycles. The number of carbonyl (C=O) groups excluding carboxylic acids is 1. The van der Waals surface area contributed by atoms with Gasteiger partial charge < -0.3 is 15.1 Å². The number of hydrogen-bond donors (Lipinski definition) is 1. The van der Waals surface area contributed by atoms with E-state index < -0.39 is 21.8 Å². The van der Waals surface area contributed by atoms with Gasteiger partial charge >= 0.3 is 0 Å². The summed E-state index contributed by atoms with van der Waals surface area (Å²) in [6.45, 7) is 5.54. The lowest BCUT2D eigenvalue weighted by Gasteiger charge is -2.51. The average Bonchev–Trinajstić information content (AvgIpc) is 2.86. The molecule has 0 aliphatic carbocycles. The first-order valence-corrected chi connectivity index (χ1v) is 8.44. The maximum Gasteiger partial charge on any atom is 0.159 e. The van der Waals surface area contributed by atoms with Crippen LogP contribution in [0.25, 0.3) is 0 Å². The van der Waals surface area contributed by atoms with Gasteiger partial charge in [0.15, 0.2) is 17.9 Å². The highest BCUT2D eigenvalue weighted by molar-refractivity contribution is 7.94. The van der Waals surface area contributed by atoms with Crippen molar-refractivity contribution in [2.24, 2.45) is 0 Å². The number of quaternary nitrogens is 1. The normalized spacial score (nSPS) is 33.1. The topological polar surface area (TPSA) is 69.6 Å². The average molecular weight is 323 g/mol. The van der Waals surface area contributed by atoms with Gasteiger partial charge in [0.2, 0.25) is 0 Å². The summed E-state index contributed by atoms with van der Waals surface area (Å²) in [5.41, 5.74) is 0.341. The number of Topliss-reactive ketones (excluding diaryl/α,β-unsaturated/α-hetero) is 1. The second kappa shape index (κ2) is 5.23. The zero-order valence-corrected chi connectivity index (χ0v) is 13.9. The van der Waals surface area contributed by atoms with Gasteiger partial charge in [0.25, 0.3) is 0 Å².